The van der Waals surface area contributed by atoms with Crippen LogP contribution in [0.3, 0.4) is 0 Å². The number of likely N-dealkylation sites (tertiary alicyclic amines) is 1. The molecule has 2 rings (SSSR count). The van der Waals surface area contributed by atoms with Gasteiger partial charge in [-0.15, -0.1) is 0 Å². The standard InChI is InChI=1S/C18H30N2/c1-4-12-20-13-7-9-17(11-14-20)19-16(3)18-10-6-5-8-15(18)2/h5-6,8,10,16-17,19H,4,7,9,11-14H2,1-3H3. The van der Waals surface area contributed by atoms with Crippen molar-refractivity contribution >= 4 is 0 Å². The molecule has 1 aliphatic heterocycles. The van der Waals surface area contributed by atoms with Crippen molar-refractivity contribution in [2.45, 2.75) is 58.5 Å². The van der Waals surface area contributed by atoms with E-state index in [9.17, 15) is 0 Å². The van der Waals surface area contributed by atoms with Gasteiger partial charge in [-0.05, 0) is 70.3 Å². The Morgan fingerprint density at radius 2 is 2.05 bits per heavy atom. The van der Waals surface area contributed by atoms with Crippen molar-refractivity contribution in [2.75, 3.05) is 19.6 Å². The maximum absolute atomic E-state index is 3.85. The van der Waals surface area contributed by atoms with E-state index in [1.807, 2.05) is 0 Å². The van der Waals surface area contributed by atoms with Crippen LogP contribution in [0.4, 0.5) is 0 Å². The Bertz CT molecular complexity index is 402. The van der Waals surface area contributed by atoms with Crippen LogP contribution in [-0.4, -0.2) is 30.6 Å². The van der Waals surface area contributed by atoms with Crippen molar-refractivity contribution in [2.24, 2.45) is 0 Å². The van der Waals surface area contributed by atoms with Gasteiger partial charge in [-0.1, -0.05) is 31.2 Å². The van der Waals surface area contributed by atoms with Gasteiger partial charge in [0.25, 0.3) is 0 Å². The smallest absolute Gasteiger partial charge is 0.0296 e. The van der Waals surface area contributed by atoms with Crippen LogP contribution in [0.2, 0.25) is 0 Å². The van der Waals surface area contributed by atoms with Crippen molar-refractivity contribution in [3.8, 4) is 0 Å². The van der Waals surface area contributed by atoms with Crippen LogP contribution in [0.15, 0.2) is 24.3 Å². The third-order valence-corrected chi connectivity index (χ3v) is 4.50. The molecule has 0 aliphatic carbocycles. The second-order valence-corrected chi connectivity index (χ2v) is 6.21. The highest BCUT2D eigenvalue weighted by atomic mass is 15.1. The van der Waals surface area contributed by atoms with E-state index in [4.69, 9.17) is 0 Å². The van der Waals surface area contributed by atoms with Crippen molar-refractivity contribution in [3.63, 3.8) is 0 Å². The fourth-order valence-corrected chi connectivity index (χ4v) is 3.38. The first kappa shape index (κ1) is 15.5. The highest BCUT2D eigenvalue weighted by Crippen LogP contribution is 2.20. The molecule has 1 heterocycles. The lowest BCUT2D eigenvalue weighted by Gasteiger charge is -2.24. The number of nitrogens with one attached hydrogen (secondary N) is 1. The molecule has 1 aromatic rings. The molecule has 0 spiro atoms. The van der Waals surface area contributed by atoms with Crippen LogP contribution < -0.4 is 5.32 Å². The van der Waals surface area contributed by atoms with E-state index in [2.05, 4.69) is 55.3 Å². The Balaban J connectivity index is 1.88. The summed E-state index contributed by atoms with van der Waals surface area (Å²) in [5, 5.41) is 3.85. The monoisotopic (exact) mass is 274 g/mol. The predicted octanol–water partition coefficient (Wildman–Crippen LogP) is 3.91. The molecule has 0 aromatic heterocycles. The lowest BCUT2D eigenvalue weighted by molar-refractivity contribution is 0.281. The first-order chi connectivity index (χ1) is 9.70. The summed E-state index contributed by atoms with van der Waals surface area (Å²) in [7, 11) is 0. The summed E-state index contributed by atoms with van der Waals surface area (Å²) in [6, 6.07) is 9.87. The molecule has 1 aliphatic rings. The van der Waals surface area contributed by atoms with Gasteiger partial charge in [-0.2, -0.15) is 0 Å². The van der Waals surface area contributed by atoms with Gasteiger partial charge in [0, 0.05) is 12.1 Å². The van der Waals surface area contributed by atoms with E-state index in [-0.39, 0.29) is 0 Å². The Morgan fingerprint density at radius 1 is 1.25 bits per heavy atom. The molecule has 2 nitrogen and oxygen atoms in total. The zero-order valence-corrected chi connectivity index (χ0v) is 13.4. The van der Waals surface area contributed by atoms with Gasteiger partial charge in [0.2, 0.25) is 0 Å². The number of hydrogen-bond acceptors (Lipinski definition) is 2. The summed E-state index contributed by atoms with van der Waals surface area (Å²) in [5.41, 5.74) is 2.84. The second-order valence-electron chi connectivity index (χ2n) is 6.21. The van der Waals surface area contributed by atoms with E-state index >= 15 is 0 Å². The minimum absolute atomic E-state index is 0.457. The quantitative estimate of drug-likeness (QED) is 0.875. The third kappa shape index (κ3) is 4.32. The van der Waals surface area contributed by atoms with Gasteiger partial charge in [0.1, 0.15) is 0 Å². The van der Waals surface area contributed by atoms with Crippen molar-refractivity contribution in [1.29, 1.82) is 0 Å². The molecule has 1 N–H and O–H groups in total. The molecule has 0 radical (unpaired) electrons. The molecule has 2 heteroatoms. The van der Waals surface area contributed by atoms with Gasteiger partial charge < -0.3 is 10.2 Å². The van der Waals surface area contributed by atoms with Gasteiger partial charge in [-0.25, -0.2) is 0 Å². The summed E-state index contributed by atoms with van der Waals surface area (Å²) in [6.07, 6.45) is 5.21. The molecule has 1 saturated heterocycles. The average Bonchev–Trinajstić information content (AvgIpc) is 2.65. The number of aryl methyl sites for hydroxylation is 1. The highest BCUT2D eigenvalue weighted by molar-refractivity contribution is 5.28. The van der Waals surface area contributed by atoms with Crippen LogP contribution in [0.5, 0.6) is 0 Å². The lowest BCUT2D eigenvalue weighted by Crippen LogP contribution is -2.33. The zero-order chi connectivity index (χ0) is 14.4. The summed E-state index contributed by atoms with van der Waals surface area (Å²) in [4.78, 5) is 2.63. The van der Waals surface area contributed by atoms with E-state index in [0.29, 0.717) is 12.1 Å². The minimum Gasteiger partial charge on any atom is -0.307 e. The van der Waals surface area contributed by atoms with Crippen LogP contribution >= 0.6 is 0 Å². The molecule has 0 amide bonds. The predicted molar refractivity (Wildman–Crippen MR) is 87.1 cm³/mol. The molecule has 1 aromatic carbocycles. The van der Waals surface area contributed by atoms with E-state index in [1.54, 1.807) is 0 Å². The fourth-order valence-electron chi connectivity index (χ4n) is 3.38. The fraction of sp³-hybridized carbons (Fsp3) is 0.667. The molecule has 0 bridgehead atoms. The molecular weight excluding hydrogens is 244 g/mol. The van der Waals surface area contributed by atoms with E-state index in [1.165, 1.54) is 56.4 Å². The van der Waals surface area contributed by atoms with Gasteiger partial charge in [0.05, 0.1) is 0 Å². The van der Waals surface area contributed by atoms with Crippen LogP contribution in [0, 0.1) is 6.92 Å². The molecule has 20 heavy (non-hydrogen) atoms. The molecule has 2 unspecified atom stereocenters. The second kappa shape index (κ2) is 7.80. The Hall–Kier alpha value is -0.860. The van der Waals surface area contributed by atoms with E-state index in [0.717, 1.165) is 0 Å². The lowest BCUT2D eigenvalue weighted by atomic mass is 10.0. The van der Waals surface area contributed by atoms with Gasteiger partial charge >= 0.3 is 0 Å². The molecular formula is C18H30N2. The molecule has 2 atom stereocenters. The number of benzene rings is 1. The minimum atomic E-state index is 0.457. The Kier molecular flexibility index (Phi) is 6.06. The van der Waals surface area contributed by atoms with E-state index < -0.39 is 0 Å². The maximum atomic E-state index is 3.85. The van der Waals surface area contributed by atoms with Crippen molar-refractivity contribution < 1.29 is 0 Å². The SMILES string of the molecule is CCCN1CCCC(NC(C)c2ccccc2C)CC1. The zero-order valence-electron chi connectivity index (χ0n) is 13.4. The van der Waals surface area contributed by atoms with Crippen LogP contribution in [-0.2, 0) is 0 Å². The Morgan fingerprint density at radius 3 is 2.80 bits per heavy atom. The number of nitrogens with zero attached hydrogens (tertiary/aromatic N) is 1. The summed E-state index contributed by atoms with van der Waals surface area (Å²) in [6.45, 7) is 10.6. The highest BCUT2D eigenvalue weighted by Gasteiger charge is 2.18. The number of rotatable bonds is 5. The average molecular weight is 274 g/mol. The third-order valence-electron chi connectivity index (χ3n) is 4.50. The number of hydrogen-bond donors (Lipinski definition) is 1. The summed E-state index contributed by atoms with van der Waals surface area (Å²) >= 11 is 0. The maximum Gasteiger partial charge on any atom is 0.0296 e. The first-order valence-corrected chi connectivity index (χ1v) is 8.24. The largest absolute Gasteiger partial charge is 0.307 e. The molecule has 0 saturated carbocycles. The Labute approximate surface area is 124 Å². The van der Waals surface area contributed by atoms with Crippen molar-refractivity contribution in [3.05, 3.63) is 35.4 Å². The van der Waals surface area contributed by atoms with Gasteiger partial charge in [-0.3, -0.25) is 0 Å². The molecule has 1 fully saturated rings. The van der Waals surface area contributed by atoms with Crippen LogP contribution in [0.25, 0.3) is 0 Å². The van der Waals surface area contributed by atoms with Crippen LogP contribution in [0.1, 0.15) is 56.7 Å². The molecule has 112 valence electrons. The summed E-state index contributed by atoms with van der Waals surface area (Å²) < 4.78 is 0. The summed E-state index contributed by atoms with van der Waals surface area (Å²) in [5.74, 6) is 0. The normalized spacial score (nSPS) is 22.4. The first-order valence-electron chi connectivity index (χ1n) is 8.24. The van der Waals surface area contributed by atoms with Gasteiger partial charge in [0.15, 0.2) is 0 Å². The topological polar surface area (TPSA) is 15.3 Å². The van der Waals surface area contributed by atoms with Crippen molar-refractivity contribution in [1.82, 2.24) is 10.2 Å².